The second kappa shape index (κ2) is 5.22. The smallest absolute Gasteiger partial charge is 0.216 e. The number of aromatic nitrogens is 1. The Balaban J connectivity index is 1.50. The van der Waals surface area contributed by atoms with Gasteiger partial charge in [0.25, 0.3) is 0 Å². The van der Waals surface area contributed by atoms with Gasteiger partial charge >= 0.3 is 0 Å². The minimum atomic E-state index is -0.473. The number of pyridine rings is 1. The first kappa shape index (κ1) is 11.9. The van der Waals surface area contributed by atoms with E-state index in [4.69, 9.17) is 4.74 Å². The molecule has 2 fully saturated rings. The highest BCUT2D eigenvalue weighted by Gasteiger charge is 2.29. The van der Waals surface area contributed by atoms with Crippen molar-refractivity contribution in [2.45, 2.75) is 44.2 Å². The van der Waals surface area contributed by atoms with E-state index in [0.29, 0.717) is 5.88 Å². The maximum atomic E-state index is 12.9. The molecular weight excluding hydrogens is 231 g/mol. The topological polar surface area (TPSA) is 25.4 Å². The predicted octanol–water partition coefficient (Wildman–Crippen LogP) is 2.62. The van der Waals surface area contributed by atoms with E-state index in [1.165, 1.54) is 25.3 Å². The summed E-state index contributed by atoms with van der Waals surface area (Å²) in [4.78, 5) is 6.32. The standard InChI is InChI=1S/C14H19FN2O/c15-13-5-2-6-14(16-13)18-12-7-9-17(10-8-12)11-3-1-4-11/h2,5-6,11-12H,1,3-4,7-10H2. The largest absolute Gasteiger partial charge is 0.474 e. The van der Waals surface area contributed by atoms with Crippen LogP contribution >= 0.6 is 0 Å². The summed E-state index contributed by atoms with van der Waals surface area (Å²) in [7, 11) is 0. The van der Waals surface area contributed by atoms with Gasteiger partial charge in [-0.15, -0.1) is 0 Å². The second-order valence-electron chi connectivity index (χ2n) is 5.24. The summed E-state index contributed by atoms with van der Waals surface area (Å²) in [6, 6.07) is 5.52. The van der Waals surface area contributed by atoms with E-state index in [1.807, 2.05) is 0 Å². The fourth-order valence-electron chi connectivity index (χ4n) is 2.74. The van der Waals surface area contributed by atoms with Crippen molar-refractivity contribution in [2.75, 3.05) is 13.1 Å². The molecule has 3 nitrogen and oxygen atoms in total. The number of hydrogen-bond acceptors (Lipinski definition) is 3. The Morgan fingerprint density at radius 1 is 1.17 bits per heavy atom. The van der Waals surface area contributed by atoms with Gasteiger partial charge in [-0.1, -0.05) is 12.5 Å². The van der Waals surface area contributed by atoms with E-state index in [1.54, 1.807) is 12.1 Å². The van der Waals surface area contributed by atoms with Crippen LogP contribution in [0.15, 0.2) is 18.2 Å². The molecule has 0 N–H and O–H groups in total. The molecule has 98 valence electrons. The van der Waals surface area contributed by atoms with Gasteiger partial charge in [0.05, 0.1) is 0 Å². The van der Waals surface area contributed by atoms with Crippen molar-refractivity contribution >= 4 is 0 Å². The zero-order chi connectivity index (χ0) is 12.4. The maximum absolute atomic E-state index is 12.9. The SMILES string of the molecule is Fc1cccc(OC2CCN(C3CCC3)CC2)n1. The lowest BCUT2D eigenvalue weighted by atomic mass is 9.90. The van der Waals surface area contributed by atoms with E-state index < -0.39 is 5.95 Å². The molecule has 1 aromatic heterocycles. The van der Waals surface area contributed by atoms with Gasteiger partial charge in [0, 0.05) is 25.2 Å². The third-order valence-electron chi connectivity index (χ3n) is 4.04. The number of hydrogen-bond donors (Lipinski definition) is 0. The number of ether oxygens (including phenoxy) is 1. The van der Waals surface area contributed by atoms with Crippen molar-refractivity contribution in [3.05, 3.63) is 24.1 Å². The van der Waals surface area contributed by atoms with Crippen LogP contribution < -0.4 is 4.74 Å². The summed E-state index contributed by atoms with van der Waals surface area (Å²) in [5.74, 6) is -0.0588. The molecule has 1 saturated heterocycles. The highest BCUT2D eigenvalue weighted by molar-refractivity contribution is 5.10. The first-order chi connectivity index (χ1) is 8.81. The molecular formula is C14H19FN2O. The highest BCUT2D eigenvalue weighted by atomic mass is 19.1. The quantitative estimate of drug-likeness (QED) is 0.771. The van der Waals surface area contributed by atoms with Gasteiger partial charge < -0.3 is 9.64 Å². The lowest BCUT2D eigenvalue weighted by Gasteiger charge is -2.41. The average molecular weight is 250 g/mol. The number of nitrogens with zero attached hydrogens (tertiary/aromatic N) is 2. The predicted molar refractivity (Wildman–Crippen MR) is 67.1 cm³/mol. The maximum Gasteiger partial charge on any atom is 0.216 e. The summed E-state index contributed by atoms with van der Waals surface area (Å²) in [6.45, 7) is 2.20. The third-order valence-corrected chi connectivity index (χ3v) is 4.04. The summed E-state index contributed by atoms with van der Waals surface area (Å²) in [5, 5.41) is 0. The Labute approximate surface area is 107 Å². The van der Waals surface area contributed by atoms with Gasteiger partial charge in [0.2, 0.25) is 11.8 Å². The van der Waals surface area contributed by atoms with Crippen LogP contribution in [0, 0.1) is 5.95 Å². The van der Waals surface area contributed by atoms with Gasteiger partial charge in [-0.3, -0.25) is 0 Å². The molecule has 2 aliphatic rings. The average Bonchev–Trinajstić information content (AvgIpc) is 2.29. The normalized spacial score (nSPS) is 22.7. The lowest BCUT2D eigenvalue weighted by molar-refractivity contribution is 0.0472. The third kappa shape index (κ3) is 2.64. The Morgan fingerprint density at radius 3 is 2.56 bits per heavy atom. The molecule has 1 saturated carbocycles. The van der Waals surface area contributed by atoms with Crippen LogP contribution in [0.2, 0.25) is 0 Å². The molecule has 0 amide bonds. The van der Waals surface area contributed by atoms with Gasteiger partial charge in [-0.05, 0) is 31.7 Å². The van der Waals surface area contributed by atoms with E-state index in [9.17, 15) is 4.39 Å². The number of piperidine rings is 1. The molecule has 18 heavy (non-hydrogen) atoms. The van der Waals surface area contributed by atoms with Gasteiger partial charge in [0.1, 0.15) is 6.10 Å². The Kier molecular flexibility index (Phi) is 3.46. The van der Waals surface area contributed by atoms with E-state index >= 15 is 0 Å². The van der Waals surface area contributed by atoms with E-state index in [2.05, 4.69) is 9.88 Å². The van der Waals surface area contributed by atoms with Crippen LogP contribution in [-0.4, -0.2) is 35.1 Å². The zero-order valence-corrected chi connectivity index (χ0v) is 10.5. The summed E-state index contributed by atoms with van der Waals surface area (Å²) >= 11 is 0. The minimum absolute atomic E-state index is 0.190. The molecule has 0 atom stereocenters. The van der Waals surface area contributed by atoms with Crippen LogP contribution in [-0.2, 0) is 0 Å². The van der Waals surface area contributed by atoms with Crippen LogP contribution in [0.5, 0.6) is 5.88 Å². The molecule has 3 rings (SSSR count). The zero-order valence-electron chi connectivity index (χ0n) is 10.5. The molecule has 0 unspecified atom stereocenters. The molecule has 1 aromatic rings. The van der Waals surface area contributed by atoms with Crippen molar-refractivity contribution in [2.24, 2.45) is 0 Å². The van der Waals surface area contributed by atoms with Crippen molar-refractivity contribution < 1.29 is 9.13 Å². The van der Waals surface area contributed by atoms with Crippen molar-refractivity contribution in [1.29, 1.82) is 0 Å². The molecule has 4 heteroatoms. The van der Waals surface area contributed by atoms with Crippen LogP contribution in [0.3, 0.4) is 0 Å². The molecule has 1 aliphatic heterocycles. The highest BCUT2D eigenvalue weighted by Crippen LogP contribution is 2.28. The second-order valence-corrected chi connectivity index (χ2v) is 5.24. The fraction of sp³-hybridized carbons (Fsp3) is 0.643. The number of halogens is 1. The number of rotatable bonds is 3. The van der Waals surface area contributed by atoms with Crippen LogP contribution in [0.1, 0.15) is 32.1 Å². The van der Waals surface area contributed by atoms with Crippen molar-refractivity contribution in [3.63, 3.8) is 0 Å². The first-order valence-corrected chi connectivity index (χ1v) is 6.84. The summed E-state index contributed by atoms with van der Waals surface area (Å²) in [6.07, 6.45) is 6.33. The van der Waals surface area contributed by atoms with Crippen LogP contribution in [0.4, 0.5) is 4.39 Å². The molecule has 0 aromatic carbocycles. The number of likely N-dealkylation sites (tertiary alicyclic amines) is 1. The van der Waals surface area contributed by atoms with Crippen molar-refractivity contribution in [3.8, 4) is 5.88 Å². The van der Waals surface area contributed by atoms with Gasteiger partial charge in [-0.25, -0.2) is 0 Å². The lowest BCUT2D eigenvalue weighted by Crippen LogP contribution is -2.46. The van der Waals surface area contributed by atoms with Gasteiger partial charge in [0.15, 0.2) is 0 Å². The molecule has 0 bridgehead atoms. The molecule has 1 aliphatic carbocycles. The Bertz CT molecular complexity index is 401. The minimum Gasteiger partial charge on any atom is -0.474 e. The van der Waals surface area contributed by atoms with Crippen LogP contribution in [0.25, 0.3) is 0 Å². The Hall–Kier alpha value is -1.16. The monoisotopic (exact) mass is 250 g/mol. The molecule has 2 heterocycles. The van der Waals surface area contributed by atoms with Gasteiger partial charge in [-0.2, -0.15) is 9.37 Å². The van der Waals surface area contributed by atoms with E-state index in [-0.39, 0.29) is 6.10 Å². The van der Waals surface area contributed by atoms with E-state index in [0.717, 1.165) is 32.0 Å². The summed E-state index contributed by atoms with van der Waals surface area (Å²) in [5.41, 5.74) is 0. The molecule has 0 radical (unpaired) electrons. The van der Waals surface area contributed by atoms with Crippen molar-refractivity contribution in [1.82, 2.24) is 9.88 Å². The first-order valence-electron chi connectivity index (χ1n) is 6.84. The Morgan fingerprint density at radius 2 is 1.94 bits per heavy atom. The molecule has 0 spiro atoms. The summed E-state index contributed by atoms with van der Waals surface area (Å²) < 4.78 is 18.7. The fourth-order valence-corrected chi connectivity index (χ4v) is 2.74.